The Kier molecular flexibility index (Phi) is 4.58. The first-order chi connectivity index (χ1) is 9.20. The van der Waals surface area contributed by atoms with Gasteiger partial charge in [0.1, 0.15) is 0 Å². The van der Waals surface area contributed by atoms with E-state index in [1.807, 2.05) is 48.5 Å². The number of rotatable bonds is 4. The van der Waals surface area contributed by atoms with Gasteiger partial charge in [-0.15, -0.1) is 0 Å². The molecule has 0 aliphatic heterocycles. The van der Waals surface area contributed by atoms with Crippen molar-refractivity contribution < 1.29 is 9.53 Å². The van der Waals surface area contributed by atoms with Crippen LogP contribution >= 0.6 is 11.6 Å². The van der Waals surface area contributed by atoms with Crippen LogP contribution in [0, 0.1) is 0 Å². The Labute approximate surface area is 118 Å². The van der Waals surface area contributed by atoms with E-state index in [0.717, 1.165) is 16.7 Å². The maximum Gasteiger partial charge on any atom is 0.310 e. The fraction of sp³-hybridized carbons (Fsp3) is 0.188. The van der Waals surface area contributed by atoms with Gasteiger partial charge < -0.3 is 4.74 Å². The molecule has 2 nitrogen and oxygen atoms in total. The molecular formula is C16H15ClO2. The molecule has 0 saturated carbocycles. The highest BCUT2D eigenvalue weighted by Crippen LogP contribution is 2.25. The predicted molar refractivity (Wildman–Crippen MR) is 77.2 cm³/mol. The van der Waals surface area contributed by atoms with Gasteiger partial charge in [0.05, 0.1) is 13.0 Å². The monoisotopic (exact) mass is 274 g/mol. The minimum Gasteiger partial charge on any atom is -0.466 e. The van der Waals surface area contributed by atoms with Crippen molar-refractivity contribution in [3.63, 3.8) is 0 Å². The van der Waals surface area contributed by atoms with Gasteiger partial charge in [-0.3, -0.25) is 4.79 Å². The van der Waals surface area contributed by atoms with Crippen molar-refractivity contribution in [3.05, 3.63) is 59.1 Å². The second kappa shape index (κ2) is 6.39. The molecule has 2 rings (SSSR count). The maximum absolute atomic E-state index is 11.4. The van der Waals surface area contributed by atoms with Crippen LogP contribution in [-0.4, -0.2) is 12.6 Å². The Balaban J connectivity index is 2.20. The van der Waals surface area contributed by atoms with Gasteiger partial charge in [-0.25, -0.2) is 0 Å². The molecule has 0 fully saturated rings. The lowest BCUT2D eigenvalue weighted by molar-refractivity contribution is -0.142. The van der Waals surface area contributed by atoms with E-state index in [2.05, 4.69) is 0 Å². The molecule has 0 heterocycles. The molecule has 2 aromatic rings. The van der Waals surface area contributed by atoms with Crippen molar-refractivity contribution in [2.24, 2.45) is 0 Å². The summed E-state index contributed by atoms with van der Waals surface area (Å²) in [7, 11) is 0. The largest absolute Gasteiger partial charge is 0.466 e. The zero-order valence-corrected chi connectivity index (χ0v) is 11.5. The van der Waals surface area contributed by atoms with Crippen LogP contribution in [0.15, 0.2) is 48.5 Å². The molecule has 0 N–H and O–H groups in total. The minimum atomic E-state index is -0.253. The fourth-order valence-corrected chi connectivity index (χ4v) is 2.12. The summed E-state index contributed by atoms with van der Waals surface area (Å²) in [6.07, 6.45) is 0.210. The molecule has 0 radical (unpaired) electrons. The summed E-state index contributed by atoms with van der Waals surface area (Å²) in [4.78, 5) is 11.4. The fourth-order valence-electron chi connectivity index (χ4n) is 1.87. The van der Waals surface area contributed by atoms with E-state index in [1.54, 1.807) is 6.92 Å². The summed E-state index contributed by atoms with van der Waals surface area (Å²) in [5.41, 5.74) is 2.94. The summed E-state index contributed by atoms with van der Waals surface area (Å²) in [6, 6.07) is 15.7. The molecule has 98 valence electrons. The Morgan fingerprint density at radius 3 is 2.47 bits per heavy atom. The second-order valence-electron chi connectivity index (χ2n) is 4.15. The number of carbonyl (C=O) groups excluding carboxylic acids is 1. The third-order valence-corrected chi connectivity index (χ3v) is 3.15. The number of hydrogen-bond donors (Lipinski definition) is 0. The number of esters is 1. The highest BCUT2D eigenvalue weighted by atomic mass is 35.5. The van der Waals surface area contributed by atoms with E-state index in [4.69, 9.17) is 16.3 Å². The molecule has 0 amide bonds. The molecule has 0 unspecified atom stereocenters. The lowest BCUT2D eigenvalue weighted by Gasteiger charge is -2.07. The number of carbonyl (C=O) groups is 1. The molecule has 0 spiro atoms. The van der Waals surface area contributed by atoms with Crippen molar-refractivity contribution in [1.82, 2.24) is 0 Å². The normalized spacial score (nSPS) is 10.2. The van der Waals surface area contributed by atoms with Gasteiger partial charge in [0.25, 0.3) is 0 Å². The Bertz CT molecular complexity index is 564. The Morgan fingerprint density at radius 1 is 1.11 bits per heavy atom. The van der Waals surface area contributed by atoms with Crippen LogP contribution in [0.4, 0.5) is 0 Å². The molecule has 0 saturated heterocycles. The van der Waals surface area contributed by atoms with Crippen LogP contribution < -0.4 is 0 Å². The lowest BCUT2D eigenvalue weighted by Crippen LogP contribution is -2.07. The van der Waals surface area contributed by atoms with Crippen LogP contribution in [0.5, 0.6) is 0 Å². The van der Waals surface area contributed by atoms with Crippen LogP contribution in [0.3, 0.4) is 0 Å². The zero-order chi connectivity index (χ0) is 13.7. The van der Waals surface area contributed by atoms with Crippen LogP contribution in [-0.2, 0) is 16.0 Å². The first-order valence-electron chi connectivity index (χ1n) is 6.20. The van der Waals surface area contributed by atoms with E-state index in [1.165, 1.54) is 0 Å². The van der Waals surface area contributed by atoms with Gasteiger partial charge in [-0.05, 0) is 29.7 Å². The first-order valence-corrected chi connectivity index (χ1v) is 6.58. The van der Waals surface area contributed by atoms with E-state index >= 15 is 0 Å². The molecule has 3 heteroatoms. The predicted octanol–water partition coefficient (Wildman–Crippen LogP) is 4.11. The van der Waals surface area contributed by atoms with E-state index in [9.17, 15) is 4.79 Å². The molecule has 0 aromatic heterocycles. The summed E-state index contributed by atoms with van der Waals surface area (Å²) >= 11 is 6.22. The minimum absolute atomic E-state index is 0.210. The van der Waals surface area contributed by atoms with Crippen molar-refractivity contribution in [2.75, 3.05) is 6.61 Å². The molecule has 0 aliphatic carbocycles. The van der Waals surface area contributed by atoms with E-state index in [0.29, 0.717) is 11.6 Å². The second-order valence-corrected chi connectivity index (χ2v) is 4.56. The Hall–Kier alpha value is -1.80. The first kappa shape index (κ1) is 13.6. The zero-order valence-electron chi connectivity index (χ0n) is 10.7. The summed E-state index contributed by atoms with van der Waals surface area (Å²) < 4.78 is 4.92. The standard InChI is InChI=1S/C16H15ClO2/c1-2-19-16(18)11-14-9-8-13(10-15(14)17)12-6-4-3-5-7-12/h3-10H,2,11H2,1H3. The summed E-state index contributed by atoms with van der Waals surface area (Å²) in [5, 5.41) is 0.592. The summed E-state index contributed by atoms with van der Waals surface area (Å²) in [6.45, 7) is 2.18. The highest BCUT2D eigenvalue weighted by molar-refractivity contribution is 6.31. The topological polar surface area (TPSA) is 26.3 Å². The third kappa shape index (κ3) is 3.58. The maximum atomic E-state index is 11.4. The SMILES string of the molecule is CCOC(=O)Cc1ccc(-c2ccccc2)cc1Cl. The molecular weight excluding hydrogens is 260 g/mol. The van der Waals surface area contributed by atoms with Gasteiger partial charge in [0, 0.05) is 5.02 Å². The smallest absolute Gasteiger partial charge is 0.310 e. The van der Waals surface area contributed by atoms with Crippen molar-refractivity contribution in [3.8, 4) is 11.1 Å². The lowest BCUT2D eigenvalue weighted by atomic mass is 10.0. The third-order valence-electron chi connectivity index (χ3n) is 2.80. The quantitative estimate of drug-likeness (QED) is 0.784. The van der Waals surface area contributed by atoms with Crippen molar-refractivity contribution in [1.29, 1.82) is 0 Å². The molecule has 0 aliphatic rings. The van der Waals surface area contributed by atoms with Gasteiger partial charge >= 0.3 is 5.97 Å². The van der Waals surface area contributed by atoms with Gasteiger partial charge in [-0.2, -0.15) is 0 Å². The van der Waals surface area contributed by atoms with E-state index < -0.39 is 0 Å². The average molecular weight is 275 g/mol. The van der Waals surface area contributed by atoms with Crippen molar-refractivity contribution >= 4 is 17.6 Å². The number of benzene rings is 2. The number of ether oxygens (including phenoxy) is 1. The molecule has 19 heavy (non-hydrogen) atoms. The van der Waals surface area contributed by atoms with Gasteiger partial charge in [0.15, 0.2) is 0 Å². The van der Waals surface area contributed by atoms with E-state index in [-0.39, 0.29) is 12.4 Å². The average Bonchev–Trinajstić information content (AvgIpc) is 2.42. The van der Waals surface area contributed by atoms with Gasteiger partial charge in [0.2, 0.25) is 0 Å². The number of halogens is 1. The van der Waals surface area contributed by atoms with Crippen LogP contribution in [0.2, 0.25) is 5.02 Å². The molecule has 2 aromatic carbocycles. The molecule has 0 atom stereocenters. The van der Waals surface area contributed by atoms with Crippen molar-refractivity contribution in [2.45, 2.75) is 13.3 Å². The molecule has 0 bridgehead atoms. The van der Waals surface area contributed by atoms with Crippen LogP contribution in [0.1, 0.15) is 12.5 Å². The summed E-state index contributed by atoms with van der Waals surface area (Å²) in [5.74, 6) is -0.253. The highest BCUT2D eigenvalue weighted by Gasteiger charge is 2.09. The Morgan fingerprint density at radius 2 is 1.84 bits per heavy atom. The van der Waals surface area contributed by atoms with Crippen LogP contribution in [0.25, 0.3) is 11.1 Å². The van der Waals surface area contributed by atoms with Gasteiger partial charge in [-0.1, -0.05) is 54.1 Å². The number of hydrogen-bond acceptors (Lipinski definition) is 2.